The zero-order chi connectivity index (χ0) is 32.3. The molecule has 0 aromatic heterocycles. The van der Waals surface area contributed by atoms with Crippen LogP contribution in [0.3, 0.4) is 0 Å². The molecular weight excluding hydrogens is 592 g/mol. The van der Waals surface area contributed by atoms with E-state index in [1.54, 1.807) is 60.4 Å². The van der Waals surface area contributed by atoms with Gasteiger partial charge < -0.3 is 25.4 Å². The number of rotatable bonds is 8. The second-order valence-corrected chi connectivity index (χ2v) is 13.6. The number of likely N-dealkylation sites (N-methyl/N-ethyl adjacent to an activating group) is 1. The van der Waals surface area contributed by atoms with E-state index in [-0.39, 0.29) is 53.4 Å². The van der Waals surface area contributed by atoms with Crippen LogP contribution in [-0.4, -0.2) is 73.6 Å². The molecule has 4 aromatic rings. The Morgan fingerprint density at radius 3 is 2.38 bits per heavy atom. The fraction of sp³-hybridized carbons (Fsp3) is 0.294. The van der Waals surface area contributed by atoms with Crippen LogP contribution < -0.4 is 15.4 Å². The minimum absolute atomic E-state index is 0.0249. The molecule has 0 fully saturated rings. The van der Waals surface area contributed by atoms with Crippen molar-refractivity contribution in [2.75, 3.05) is 37.4 Å². The number of fused-ring (bicyclic) bond motifs is 2. The van der Waals surface area contributed by atoms with Crippen molar-refractivity contribution in [3.63, 3.8) is 0 Å². The molecule has 0 saturated heterocycles. The van der Waals surface area contributed by atoms with Gasteiger partial charge in [0.2, 0.25) is 10.0 Å². The van der Waals surface area contributed by atoms with E-state index in [1.807, 2.05) is 50.2 Å². The Bertz CT molecular complexity index is 1810. The summed E-state index contributed by atoms with van der Waals surface area (Å²) in [5, 5.41) is 17.5. The lowest BCUT2D eigenvalue weighted by molar-refractivity contribution is 0.0389. The molecule has 3 N–H and O–H groups in total. The van der Waals surface area contributed by atoms with Crippen LogP contribution >= 0.6 is 0 Å². The van der Waals surface area contributed by atoms with Gasteiger partial charge in [-0.2, -0.15) is 4.31 Å². The second-order valence-electron chi connectivity index (χ2n) is 11.5. The fourth-order valence-corrected chi connectivity index (χ4v) is 6.59. The van der Waals surface area contributed by atoms with Gasteiger partial charge in [-0.25, -0.2) is 13.2 Å². The molecule has 45 heavy (non-hydrogen) atoms. The van der Waals surface area contributed by atoms with E-state index in [0.717, 1.165) is 16.3 Å². The lowest BCUT2D eigenvalue weighted by atomic mass is 9.99. The van der Waals surface area contributed by atoms with Gasteiger partial charge in [0, 0.05) is 24.9 Å². The number of aliphatic hydroxyl groups is 1. The molecular formula is C34H38N4O6S. The predicted molar refractivity (Wildman–Crippen MR) is 175 cm³/mol. The number of urea groups is 1. The topological polar surface area (TPSA) is 128 Å². The Morgan fingerprint density at radius 2 is 1.64 bits per heavy atom. The van der Waals surface area contributed by atoms with Crippen molar-refractivity contribution in [3.8, 4) is 5.75 Å². The van der Waals surface area contributed by atoms with Crippen LogP contribution in [0, 0.1) is 12.8 Å². The third-order valence-electron chi connectivity index (χ3n) is 8.14. The number of hydrogen-bond acceptors (Lipinski definition) is 6. The van der Waals surface area contributed by atoms with Crippen LogP contribution in [0.4, 0.5) is 16.2 Å². The molecule has 3 amide bonds. The molecule has 1 aliphatic rings. The maximum Gasteiger partial charge on any atom is 0.323 e. The SMILES string of the molecule is Cc1ccc(S(=O)(=O)N(C)C[C@H]2Oc3c(NC(=O)Nc4cccc5ccccc45)cccc3C(=O)N([C@H](C)CO)C[C@H]2C)cc1. The summed E-state index contributed by atoms with van der Waals surface area (Å²) in [6, 6.07) is 23.7. The van der Waals surface area contributed by atoms with Crippen LogP contribution in [0.15, 0.2) is 89.8 Å². The zero-order valence-corrected chi connectivity index (χ0v) is 26.5. The fourth-order valence-electron chi connectivity index (χ4n) is 5.41. The first-order valence-corrected chi connectivity index (χ1v) is 16.2. The number of ether oxygens (including phenoxy) is 1. The highest BCUT2D eigenvalue weighted by molar-refractivity contribution is 7.89. The minimum Gasteiger partial charge on any atom is -0.486 e. The molecule has 0 saturated carbocycles. The number of hydrogen-bond donors (Lipinski definition) is 3. The van der Waals surface area contributed by atoms with E-state index in [1.165, 1.54) is 11.4 Å². The summed E-state index contributed by atoms with van der Waals surface area (Å²) in [4.78, 5) is 28.8. The van der Waals surface area contributed by atoms with Crippen molar-refractivity contribution in [3.05, 3.63) is 96.1 Å². The molecule has 3 atom stereocenters. The summed E-state index contributed by atoms with van der Waals surface area (Å²) in [6.45, 7) is 5.44. The number of nitrogens with zero attached hydrogens (tertiary/aromatic N) is 2. The molecule has 0 spiro atoms. The van der Waals surface area contributed by atoms with Gasteiger partial charge in [0.1, 0.15) is 6.10 Å². The summed E-state index contributed by atoms with van der Waals surface area (Å²) >= 11 is 0. The van der Waals surface area contributed by atoms with Crippen molar-refractivity contribution >= 4 is 44.1 Å². The molecule has 5 rings (SSSR count). The number of nitrogens with one attached hydrogen (secondary N) is 2. The van der Waals surface area contributed by atoms with Crippen molar-refractivity contribution in [1.29, 1.82) is 0 Å². The molecule has 0 aliphatic carbocycles. The number of anilines is 2. The van der Waals surface area contributed by atoms with E-state index >= 15 is 0 Å². The number of amides is 3. The van der Waals surface area contributed by atoms with Crippen molar-refractivity contribution in [2.45, 2.75) is 37.8 Å². The lowest BCUT2D eigenvalue weighted by Crippen LogP contribution is -2.50. The first-order chi connectivity index (χ1) is 21.5. The summed E-state index contributed by atoms with van der Waals surface area (Å²) in [5.41, 5.74) is 1.99. The van der Waals surface area contributed by atoms with Crippen LogP contribution in [0.5, 0.6) is 5.75 Å². The molecule has 1 heterocycles. The van der Waals surface area contributed by atoms with Gasteiger partial charge in [-0.1, -0.05) is 67.1 Å². The maximum absolute atomic E-state index is 13.8. The molecule has 11 heteroatoms. The van der Waals surface area contributed by atoms with Gasteiger partial charge in [-0.3, -0.25) is 4.79 Å². The smallest absolute Gasteiger partial charge is 0.323 e. The molecule has 4 aromatic carbocycles. The van der Waals surface area contributed by atoms with E-state index in [2.05, 4.69) is 10.6 Å². The Labute approximate surface area is 263 Å². The molecule has 1 aliphatic heterocycles. The van der Waals surface area contributed by atoms with Gasteiger partial charge in [-0.05, 0) is 49.6 Å². The lowest BCUT2D eigenvalue weighted by Gasteiger charge is -2.38. The van der Waals surface area contributed by atoms with Gasteiger partial charge in [0.15, 0.2) is 5.75 Å². The number of aryl methyl sites for hydroxylation is 1. The molecule has 10 nitrogen and oxygen atoms in total. The quantitative estimate of drug-likeness (QED) is 0.241. The minimum atomic E-state index is -3.85. The summed E-state index contributed by atoms with van der Waals surface area (Å²) in [6.07, 6.45) is -0.709. The normalized spacial score (nSPS) is 17.6. The number of benzene rings is 4. The van der Waals surface area contributed by atoms with E-state index in [0.29, 0.717) is 5.69 Å². The predicted octanol–water partition coefficient (Wildman–Crippen LogP) is 5.33. The van der Waals surface area contributed by atoms with Crippen LogP contribution in [0.2, 0.25) is 0 Å². The molecule has 0 bridgehead atoms. The van der Waals surface area contributed by atoms with Gasteiger partial charge in [0.25, 0.3) is 5.91 Å². The molecule has 0 radical (unpaired) electrons. The summed E-state index contributed by atoms with van der Waals surface area (Å²) in [5.74, 6) is -0.580. The number of carbonyl (C=O) groups excluding carboxylic acids is 2. The third kappa shape index (κ3) is 6.80. The van der Waals surface area contributed by atoms with Crippen molar-refractivity contribution in [2.24, 2.45) is 5.92 Å². The first-order valence-electron chi connectivity index (χ1n) is 14.8. The average Bonchev–Trinajstić information content (AvgIpc) is 3.03. The highest BCUT2D eigenvalue weighted by atomic mass is 32.2. The number of sulfonamides is 1. The van der Waals surface area contributed by atoms with E-state index in [4.69, 9.17) is 4.74 Å². The van der Waals surface area contributed by atoms with Gasteiger partial charge in [0.05, 0.1) is 41.0 Å². The number of para-hydroxylation sites is 1. The molecule has 0 unspecified atom stereocenters. The Hall–Kier alpha value is -4.45. The highest BCUT2D eigenvalue weighted by Gasteiger charge is 2.36. The standard InChI is InChI=1S/C34H38N4O6S/c1-22-15-17-26(18-16-22)45(42,43)37(4)20-31-23(2)19-38(24(3)21-39)33(40)28-12-8-14-30(32(28)44-31)36-34(41)35-29-13-7-10-25-9-5-6-11-27(25)29/h5-18,23-24,31,39H,19-21H2,1-4H3,(H2,35,36,41)/t23-,24-,31-/m1/s1. The molecule has 236 valence electrons. The Balaban J connectivity index is 1.48. The van der Waals surface area contributed by atoms with Crippen LogP contribution in [-0.2, 0) is 10.0 Å². The zero-order valence-electron chi connectivity index (χ0n) is 25.7. The van der Waals surface area contributed by atoms with Crippen LogP contribution in [0.25, 0.3) is 10.8 Å². The van der Waals surface area contributed by atoms with Gasteiger partial charge in [-0.15, -0.1) is 0 Å². The number of aliphatic hydroxyl groups excluding tert-OH is 1. The summed E-state index contributed by atoms with van der Waals surface area (Å²) in [7, 11) is -2.36. The third-order valence-corrected chi connectivity index (χ3v) is 9.98. The number of carbonyl (C=O) groups is 2. The highest BCUT2D eigenvalue weighted by Crippen LogP contribution is 2.35. The first kappa shape index (κ1) is 32.0. The van der Waals surface area contributed by atoms with E-state index in [9.17, 15) is 23.1 Å². The van der Waals surface area contributed by atoms with E-state index < -0.39 is 28.2 Å². The average molecular weight is 631 g/mol. The summed E-state index contributed by atoms with van der Waals surface area (Å²) < 4.78 is 34.7. The largest absolute Gasteiger partial charge is 0.486 e. The monoisotopic (exact) mass is 630 g/mol. The maximum atomic E-state index is 13.8. The Morgan fingerprint density at radius 1 is 1.00 bits per heavy atom. The Kier molecular flexibility index (Phi) is 9.42. The van der Waals surface area contributed by atoms with Gasteiger partial charge >= 0.3 is 6.03 Å². The van der Waals surface area contributed by atoms with Crippen molar-refractivity contribution < 1.29 is 27.9 Å². The second kappa shape index (κ2) is 13.3. The van der Waals surface area contributed by atoms with Crippen molar-refractivity contribution in [1.82, 2.24) is 9.21 Å². The van der Waals surface area contributed by atoms with Crippen LogP contribution in [0.1, 0.15) is 29.8 Å².